The molecule has 0 unspecified atom stereocenters. The van der Waals surface area contributed by atoms with Crippen LogP contribution >= 0.6 is 45.8 Å². The molecular formula is C25H19Cl2IN2O3. The largest absolute Gasteiger partial charge is 0.494 e. The summed E-state index contributed by atoms with van der Waals surface area (Å²) < 4.78 is 12.2. The van der Waals surface area contributed by atoms with Crippen molar-refractivity contribution in [3.63, 3.8) is 0 Å². The molecule has 0 aliphatic carbocycles. The molecule has 0 radical (unpaired) electrons. The molecule has 0 aliphatic rings. The summed E-state index contributed by atoms with van der Waals surface area (Å²) in [5.74, 6) is 0.819. The smallest absolute Gasteiger partial charge is 0.266 e. The summed E-state index contributed by atoms with van der Waals surface area (Å²) in [6, 6.07) is 19.7. The van der Waals surface area contributed by atoms with Gasteiger partial charge in [0.15, 0.2) is 0 Å². The average molecular weight is 593 g/mol. The lowest BCUT2D eigenvalue weighted by Gasteiger charge is -2.10. The number of nitriles is 1. The molecule has 33 heavy (non-hydrogen) atoms. The van der Waals surface area contributed by atoms with Crippen molar-refractivity contribution in [2.45, 2.75) is 13.5 Å². The number of carbonyl (C=O) groups excluding carboxylic acids is 1. The number of rotatable bonds is 8. The van der Waals surface area contributed by atoms with Crippen molar-refractivity contribution >= 4 is 63.5 Å². The van der Waals surface area contributed by atoms with E-state index in [2.05, 4.69) is 27.9 Å². The second kappa shape index (κ2) is 11.9. The van der Waals surface area contributed by atoms with Gasteiger partial charge >= 0.3 is 0 Å². The molecule has 5 nitrogen and oxygen atoms in total. The van der Waals surface area contributed by atoms with E-state index in [1.54, 1.807) is 48.5 Å². The lowest BCUT2D eigenvalue weighted by molar-refractivity contribution is -0.112. The van der Waals surface area contributed by atoms with E-state index < -0.39 is 5.91 Å². The van der Waals surface area contributed by atoms with Crippen molar-refractivity contribution in [1.29, 1.82) is 5.26 Å². The van der Waals surface area contributed by atoms with Gasteiger partial charge in [-0.1, -0.05) is 41.4 Å². The van der Waals surface area contributed by atoms with Gasteiger partial charge in [-0.05, 0) is 83.1 Å². The number of hydrogen-bond donors (Lipinski definition) is 1. The molecule has 0 atom stereocenters. The number of nitrogens with one attached hydrogen (secondary N) is 1. The zero-order chi connectivity index (χ0) is 23.8. The van der Waals surface area contributed by atoms with Gasteiger partial charge < -0.3 is 14.8 Å². The quantitative estimate of drug-likeness (QED) is 0.172. The molecule has 0 aliphatic heterocycles. The van der Waals surface area contributed by atoms with E-state index in [1.807, 2.05) is 25.1 Å². The molecule has 0 saturated carbocycles. The Labute approximate surface area is 216 Å². The number of halogens is 3. The Morgan fingerprint density at radius 2 is 1.91 bits per heavy atom. The van der Waals surface area contributed by atoms with E-state index in [0.29, 0.717) is 46.0 Å². The highest BCUT2D eigenvalue weighted by Gasteiger charge is 2.11. The molecule has 0 heterocycles. The van der Waals surface area contributed by atoms with Crippen molar-refractivity contribution in [2.75, 3.05) is 11.9 Å². The van der Waals surface area contributed by atoms with Crippen LogP contribution in [0.15, 0.2) is 66.2 Å². The molecule has 8 heteroatoms. The summed E-state index contributed by atoms with van der Waals surface area (Å²) >= 11 is 14.1. The monoisotopic (exact) mass is 592 g/mol. The highest BCUT2D eigenvalue weighted by molar-refractivity contribution is 14.1. The first-order valence-corrected chi connectivity index (χ1v) is 11.8. The number of ether oxygens (including phenoxy) is 2. The maximum Gasteiger partial charge on any atom is 0.266 e. The molecule has 1 amide bonds. The SMILES string of the molecule is CCOc1cccc(NC(=O)/C(C#N)=C\c2ccc(OCc3ccc(Cl)c(Cl)c3)c(I)c2)c1. The van der Waals surface area contributed by atoms with Gasteiger partial charge in [0, 0.05) is 11.8 Å². The van der Waals surface area contributed by atoms with Gasteiger partial charge in [-0.3, -0.25) is 4.79 Å². The Hall–Kier alpha value is -2.73. The maximum absolute atomic E-state index is 12.6. The predicted molar refractivity (Wildman–Crippen MR) is 140 cm³/mol. The van der Waals surface area contributed by atoms with E-state index in [4.69, 9.17) is 32.7 Å². The lowest BCUT2D eigenvalue weighted by atomic mass is 10.1. The zero-order valence-electron chi connectivity index (χ0n) is 17.6. The minimum atomic E-state index is -0.499. The molecule has 0 aromatic heterocycles. The number of amides is 1. The highest BCUT2D eigenvalue weighted by atomic mass is 127. The van der Waals surface area contributed by atoms with Gasteiger partial charge in [-0.2, -0.15) is 5.26 Å². The Kier molecular flexibility index (Phi) is 9.01. The van der Waals surface area contributed by atoms with Crippen LogP contribution in [-0.4, -0.2) is 12.5 Å². The number of benzene rings is 3. The first kappa shape index (κ1) is 24.9. The fourth-order valence-electron chi connectivity index (χ4n) is 2.86. The standard InChI is InChI=1S/C25H19Cl2IN2O3/c1-2-32-20-5-3-4-19(13-20)30-25(31)18(14-29)10-16-7-9-24(23(28)12-16)33-15-17-6-8-21(26)22(27)11-17/h3-13H,2,15H2,1H3,(H,30,31)/b18-10-. The second-order valence-electron chi connectivity index (χ2n) is 6.81. The maximum atomic E-state index is 12.6. The molecule has 0 fully saturated rings. The molecule has 0 saturated heterocycles. The normalized spacial score (nSPS) is 10.9. The second-order valence-corrected chi connectivity index (χ2v) is 8.79. The molecule has 168 valence electrons. The summed E-state index contributed by atoms with van der Waals surface area (Å²) in [4.78, 5) is 12.6. The van der Waals surface area contributed by atoms with E-state index in [0.717, 1.165) is 9.13 Å². The van der Waals surface area contributed by atoms with Gasteiger partial charge in [0.2, 0.25) is 0 Å². The van der Waals surface area contributed by atoms with Gasteiger partial charge in [0.05, 0.1) is 20.2 Å². The first-order chi connectivity index (χ1) is 15.9. The minimum absolute atomic E-state index is 0.0166. The van der Waals surface area contributed by atoms with Gasteiger partial charge in [-0.15, -0.1) is 0 Å². The van der Waals surface area contributed by atoms with Crippen LogP contribution in [0.25, 0.3) is 6.08 Å². The zero-order valence-corrected chi connectivity index (χ0v) is 21.2. The molecule has 3 aromatic rings. The number of carbonyl (C=O) groups is 1. The molecule has 0 bridgehead atoms. The lowest BCUT2D eigenvalue weighted by Crippen LogP contribution is -2.13. The molecule has 0 spiro atoms. The summed E-state index contributed by atoms with van der Waals surface area (Å²) in [7, 11) is 0. The third-order valence-corrected chi connectivity index (χ3v) is 6.00. The van der Waals surface area contributed by atoms with Crippen molar-refractivity contribution in [2.24, 2.45) is 0 Å². The van der Waals surface area contributed by atoms with Crippen molar-refractivity contribution in [1.82, 2.24) is 0 Å². The van der Waals surface area contributed by atoms with E-state index in [1.165, 1.54) is 6.08 Å². The fraction of sp³-hybridized carbons (Fsp3) is 0.120. The van der Waals surface area contributed by atoms with Crippen LogP contribution in [0, 0.1) is 14.9 Å². The van der Waals surface area contributed by atoms with Gasteiger partial charge in [-0.25, -0.2) is 0 Å². The molecule has 3 rings (SSSR count). The first-order valence-electron chi connectivity index (χ1n) is 9.92. The summed E-state index contributed by atoms with van der Waals surface area (Å²) in [5.41, 5.74) is 2.13. The Balaban J connectivity index is 1.69. The third-order valence-electron chi connectivity index (χ3n) is 4.41. The van der Waals surface area contributed by atoms with Crippen LogP contribution in [0.1, 0.15) is 18.1 Å². The highest BCUT2D eigenvalue weighted by Crippen LogP contribution is 2.27. The van der Waals surface area contributed by atoms with Crippen LogP contribution in [0.3, 0.4) is 0 Å². The van der Waals surface area contributed by atoms with Crippen LogP contribution in [0.5, 0.6) is 11.5 Å². The van der Waals surface area contributed by atoms with Gasteiger partial charge in [0.1, 0.15) is 29.7 Å². The Morgan fingerprint density at radius 1 is 1.09 bits per heavy atom. The fourth-order valence-corrected chi connectivity index (χ4v) is 3.87. The van der Waals surface area contributed by atoms with Crippen LogP contribution in [-0.2, 0) is 11.4 Å². The molecule has 1 N–H and O–H groups in total. The van der Waals surface area contributed by atoms with Crippen LogP contribution in [0.4, 0.5) is 5.69 Å². The minimum Gasteiger partial charge on any atom is -0.494 e. The Morgan fingerprint density at radius 3 is 2.61 bits per heavy atom. The van der Waals surface area contributed by atoms with E-state index >= 15 is 0 Å². The molecule has 3 aromatic carbocycles. The van der Waals surface area contributed by atoms with Crippen LogP contribution < -0.4 is 14.8 Å². The summed E-state index contributed by atoms with van der Waals surface area (Å²) in [6.45, 7) is 2.73. The average Bonchev–Trinajstić information content (AvgIpc) is 2.79. The Bertz CT molecular complexity index is 1240. The van der Waals surface area contributed by atoms with E-state index in [9.17, 15) is 10.1 Å². The predicted octanol–water partition coefficient (Wildman–Crippen LogP) is 7.12. The van der Waals surface area contributed by atoms with Crippen molar-refractivity contribution in [3.05, 3.63) is 91.0 Å². The van der Waals surface area contributed by atoms with Crippen molar-refractivity contribution < 1.29 is 14.3 Å². The van der Waals surface area contributed by atoms with Crippen molar-refractivity contribution in [3.8, 4) is 17.6 Å². The van der Waals surface area contributed by atoms with E-state index in [-0.39, 0.29) is 5.57 Å². The molecular weight excluding hydrogens is 574 g/mol. The number of hydrogen-bond acceptors (Lipinski definition) is 4. The third kappa shape index (κ3) is 7.13. The topological polar surface area (TPSA) is 71.3 Å². The summed E-state index contributed by atoms with van der Waals surface area (Å²) in [6.07, 6.45) is 1.53. The number of anilines is 1. The number of nitrogens with zero attached hydrogens (tertiary/aromatic N) is 1. The summed E-state index contributed by atoms with van der Waals surface area (Å²) in [5, 5.41) is 13.2. The van der Waals surface area contributed by atoms with Gasteiger partial charge in [0.25, 0.3) is 5.91 Å². The van der Waals surface area contributed by atoms with Crippen LogP contribution in [0.2, 0.25) is 10.0 Å².